The molecule has 0 amide bonds. The molecule has 1 N–H and O–H groups in total. The molecule has 3 heteroatoms. The average molecular weight is 286 g/mol. The second-order valence-corrected chi connectivity index (χ2v) is 6.03. The van der Waals surface area contributed by atoms with Gasteiger partial charge in [0.1, 0.15) is 0 Å². The highest BCUT2D eigenvalue weighted by Crippen LogP contribution is 2.20. The molecule has 0 bridgehead atoms. The van der Waals surface area contributed by atoms with Gasteiger partial charge in [0.15, 0.2) is 0 Å². The number of rotatable bonds is 8. The zero-order chi connectivity index (χ0) is 15.1. The summed E-state index contributed by atoms with van der Waals surface area (Å²) in [6, 6.07) is 13.1. The zero-order valence-electron chi connectivity index (χ0n) is 13.3. The van der Waals surface area contributed by atoms with E-state index in [2.05, 4.69) is 61.4 Å². The van der Waals surface area contributed by atoms with E-state index in [9.17, 15) is 0 Å². The number of nitrogens with one attached hydrogen (secondary N) is 1. The van der Waals surface area contributed by atoms with Crippen LogP contribution in [-0.4, -0.2) is 25.0 Å². The first-order valence-corrected chi connectivity index (χ1v) is 7.63. The quantitative estimate of drug-likeness (QED) is 0.802. The molecule has 1 unspecified atom stereocenters. The normalized spacial score (nSPS) is 13.0. The van der Waals surface area contributed by atoms with E-state index in [0.29, 0.717) is 12.0 Å². The number of hydrogen-bond acceptors (Lipinski definition) is 3. The predicted octanol–water partition coefficient (Wildman–Crippen LogP) is 3.70. The third-order valence-corrected chi connectivity index (χ3v) is 3.62. The van der Waals surface area contributed by atoms with Gasteiger partial charge >= 0.3 is 0 Å². The lowest BCUT2D eigenvalue weighted by Crippen LogP contribution is -2.34. The standard InChI is InChI=1S/C18H26N2O/c1-15(2)11-19-12-18(17-7-5-4-6-8-17)20(3)13-16-9-10-21-14-16/h4-10,14-15,18-19H,11-13H2,1-3H3. The van der Waals surface area contributed by atoms with Gasteiger partial charge < -0.3 is 9.73 Å². The number of hydrogen-bond donors (Lipinski definition) is 1. The molecule has 0 spiro atoms. The van der Waals surface area contributed by atoms with Crippen LogP contribution in [0.2, 0.25) is 0 Å². The molecule has 0 fully saturated rings. The Kier molecular flexibility index (Phi) is 6.03. The van der Waals surface area contributed by atoms with E-state index < -0.39 is 0 Å². The van der Waals surface area contributed by atoms with E-state index in [0.717, 1.165) is 19.6 Å². The molecule has 1 heterocycles. The van der Waals surface area contributed by atoms with Gasteiger partial charge in [0.25, 0.3) is 0 Å². The van der Waals surface area contributed by atoms with Crippen LogP contribution in [0.4, 0.5) is 0 Å². The van der Waals surface area contributed by atoms with Gasteiger partial charge in [0.2, 0.25) is 0 Å². The molecule has 0 aliphatic rings. The van der Waals surface area contributed by atoms with Crippen LogP contribution in [0, 0.1) is 5.92 Å². The fourth-order valence-corrected chi connectivity index (χ4v) is 2.49. The van der Waals surface area contributed by atoms with Crippen molar-refractivity contribution in [3.8, 4) is 0 Å². The van der Waals surface area contributed by atoms with Crippen molar-refractivity contribution >= 4 is 0 Å². The summed E-state index contributed by atoms with van der Waals surface area (Å²) in [5.74, 6) is 0.667. The fourth-order valence-electron chi connectivity index (χ4n) is 2.49. The Labute approximate surface area is 128 Å². The van der Waals surface area contributed by atoms with Crippen LogP contribution >= 0.6 is 0 Å². The molecule has 21 heavy (non-hydrogen) atoms. The summed E-state index contributed by atoms with van der Waals surface area (Å²) in [6.07, 6.45) is 3.55. The topological polar surface area (TPSA) is 28.4 Å². The van der Waals surface area contributed by atoms with Crippen LogP contribution in [0.1, 0.15) is 31.0 Å². The number of nitrogens with zero attached hydrogens (tertiary/aromatic N) is 1. The Balaban J connectivity index is 2.03. The summed E-state index contributed by atoms with van der Waals surface area (Å²) in [4.78, 5) is 2.37. The molecular formula is C18H26N2O. The Morgan fingerprint density at radius 1 is 1.10 bits per heavy atom. The molecule has 0 saturated heterocycles. The summed E-state index contributed by atoms with van der Waals surface area (Å²) >= 11 is 0. The first-order valence-electron chi connectivity index (χ1n) is 7.63. The maximum atomic E-state index is 5.17. The lowest BCUT2D eigenvalue weighted by molar-refractivity contribution is 0.227. The summed E-state index contributed by atoms with van der Waals surface area (Å²) in [5.41, 5.74) is 2.56. The Bertz CT molecular complexity index is 493. The van der Waals surface area contributed by atoms with E-state index in [-0.39, 0.29) is 0 Å². The number of furan rings is 1. The largest absolute Gasteiger partial charge is 0.472 e. The van der Waals surface area contributed by atoms with Crippen molar-refractivity contribution in [3.05, 3.63) is 60.1 Å². The molecule has 1 atom stereocenters. The maximum Gasteiger partial charge on any atom is 0.0947 e. The third-order valence-electron chi connectivity index (χ3n) is 3.62. The van der Waals surface area contributed by atoms with Crippen molar-refractivity contribution in [3.63, 3.8) is 0 Å². The predicted molar refractivity (Wildman–Crippen MR) is 87.1 cm³/mol. The first-order chi connectivity index (χ1) is 10.2. The molecule has 0 aliphatic heterocycles. The van der Waals surface area contributed by atoms with Crippen LogP contribution in [0.25, 0.3) is 0 Å². The lowest BCUT2D eigenvalue weighted by Gasteiger charge is -2.29. The van der Waals surface area contributed by atoms with Gasteiger partial charge in [0, 0.05) is 24.7 Å². The van der Waals surface area contributed by atoms with E-state index in [1.807, 2.05) is 12.3 Å². The van der Waals surface area contributed by atoms with Gasteiger partial charge in [-0.15, -0.1) is 0 Å². The minimum absolute atomic E-state index is 0.361. The number of likely N-dealkylation sites (N-methyl/N-ethyl adjacent to an activating group) is 1. The Morgan fingerprint density at radius 2 is 1.86 bits per heavy atom. The van der Waals surface area contributed by atoms with E-state index in [4.69, 9.17) is 4.42 Å². The summed E-state index contributed by atoms with van der Waals surface area (Å²) in [5, 5.41) is 3.58. The van der Waals surface area contributed by atoms with Gasteiger partial charge in [0.05, 0.1) is 12.5 Å². The van der Waals surface area contributed by atoms with E-state index >= 15 is 0 Å². The molecule has 1 aromatic carbocycles. The van der Waals surface area contributed by atoms with Crippen molar-refractivity contribution in [1.82, 2.24) is 10.2 Å². The van der Waals surface area contributed by atoms with Crippen LogP contribution in [-0.2, 0) is 6.54 Å². The maximum absolute atomic E-state index is 5.17. The van der Waals surface area contributed by atoms with Crippen molar-refractivity contribution in [2.75, 3.05) is 20.1 Å². The third kappa shape index (κ3) is 5.03. The van der Waals surface area contributed by atoms with Crippen LogP contribution in [0.5, 0.6) is 0 Å². The molecule has 0 aliphatic carbocycles. The minimum atomic E-state index is 0.361. The second-order valence-electron chi connectivity index (χ2n) is 6.03. The van der Waals surface area contributed by atoms with Crippen LogP contribution < -0.4 is 5.32 Å². The Hall–Kier alpha value is -1.58. The van der Waals surface area contributed by atoms with Crippen molar-refractivity contribution in [2.24, 2.45) is 5.92 Å². The summed E-state index contributed by atoms with van der Waals surface area (Å²) < 4.78 is 5.17. The van der Waals surface area contributed by atoms with Crippen molar-refractivity contribution < 1.29 is 4.42 Å². The van der Waals surface area contributed by atoms with Gasteiger partial charge in [-0.25, -0.2) is 0 Å². The van der Waals surface area contributed by atoms with Gasteiger partial charge in [-0.3, -0.25) is 4.90 Å². The molecule has 2 aromatic rings. The monoisotopic (exact) mass is 286 g/mol. The Morgan fingerprint density at radius 3 is 2.48 bits per heavy atom. The van der Waals surface area contributed by atoms with Gasteiger partial charge in [-0.1, -0.05) is 44.2 Å². The summed E-state index contributed by atoms with van der Waals surface area (Å²) in [6.45, 7) is 7.36. The lowest BCUT2D eigenvalue weighted by atomic mass is 10.0. The highest BCUT2D eigenvalue weighted by atomic mass is 16.3. The van der Waals surface area contributed by atoms with E-state index in [1.54, 1.807) is 6.26 Å². The molecule has 0 radical (unpaired) electrons. The molecule has 114 valence electrons. The fraction of sp³-hybridized carbons (Fsp3) is 0.444. The average Bonchev–Trinajstić information content (AvgIpc) is 2.97. The summed E-state index contributed by atoms with van der Waals surface area (Å²) in [7, 11) is 2.17. The molecule has 3 nitrogen and oxygen atoms in total. The highest BCUT2D eigenvalue weighted by Gasteiger charge is 2.17. The molecule has 2 rings (SSSR count). The minimum Gasteiger partial charge on any atom is -0.472 e. The molecule has 0 saturated carbocycles. The second kappa shape index (κ2) is 8.01. The first kappa shape index (κ1) is 15.8. The highest BCUT2D eigenvalue weighted by molar-refractivity contribution is 5.20. The van der Waals surface area contributed by atoms with Crippen LogP contribution in [0.3, 0.4) is 0 Å². The van der Waals surface area contributed by atoms with Gasteiger partial charge in [-0.05, 0) is 31.1 Å². The molecule has 1 aromatic heterocycles. The van der Waals surface area contributed by atoms with Crippen molar-refractivity contribution in [1.29, 1.82) is 0 Å². The smallest absolute Gasteiger partial charge is 0.0947 e. The SMILES string of the molecule is CC(C)CNCC(c1ccccc1)N(C)Cc1ccoc1. The number of benzene rings is 1. The zero-order valence-corrected chi connectivity index (χ0v) is 13.3. The van der Waals surface area contributed by atoms with E-state index in [1.165, 1.54) is 11.1 Å². The van der Waals surface area contributed by atoms with Gasteiger partial charge in [-0.2, -0.15) is 0 Å². The van der Waals surface area contributed by atoms with Crippen LogP contribution in [0.15, 0.2) is 53.3 Å². The molecular weight excluding hydrogens is 260 g/mol. The van der Waals surface area contributed by atoms with Crippen molar-refractivity contribution in [2.45, 2.75) is 26.4 Å².